The highest BCUT2D eigenvalue weighted by Gasteiger charge is 2.37. The maximum absolute atomic E-state index is 14.5. The number of nitrogens with one attached hydrogen (secondary N) is 2. The summed E-state index contributed by atoms with van der Waals surface area (Å²) < 4.78 is 11.1. The van der Waals surface area contributed by atoms with Gasteiger partial charge in [0.1, 0.15) is 29.3 Å². The summed E-state index contributed by atoms with van der Waals surface area (Å²) in [5.41, 5.74) is 0.407. The Labute approximate surface area is 287 Å². The molecule has 2 aromatic rings. The van der Waals surface area contributed by atoms with E-state index in [1.165, 1.54) is 4.90 Å². The molecule has 48 heavy (non-hydrogen) atoms. The molecular formula is C39H55N3O6. The highest BCUT2D eigenvalue weighted by molar-refractivity contribution is 5.93. The van der Waals surface area contributed by atoms with Gasteiger partial charge in [0.15, 0.2) is 0 Å². The van der Waals surface area contributed by atoms with Crippen LogP contribution in [-0.2, 0) is 30.3 Å². The Hall–Kier alpha value is -4.32. The zero-order valence-corrected chi connectivity index (χ0v) is 30.1. The van der Waals surface area contributed by atoms with Crippen molar-refractivity contribution in [1.29, 1.82) is 0 Å². The monoisotopic (exact) mass is 661 g/mol. The quantitative estimate of drug-likeness (QED) is 0.115. The first-order chi connectivity index (χ1) is 22.5. The van der Waals surface area contributed by atoms with E-state index >= 15 is 0 Å². The van der Waals surface area contributed by atoms with Crippen molar-refractivity contribution in [2.45, 2.75) is 130 Å². The SMILES string of the molecule is C#Cc1ccc(C(C(=O)NC(Cc2ccccc2)C(=O)OC(C)(C)C)N(CCCCCCCC)C(=O)C(C)NC(=O)OC(C)(C)C)cc1. The summed E-state index contributed by atoms with van der Waals surface area (Å²) in [4.78, 5) is 56.3. The van der Waals surface area contributed by atoms with E-state index in [4.69, 9.17) is 15.9 Å². The fourth-order valence-electron chi connectivity index (χ4n) is 5.12. The molecule has 3 atom stereocenters. The van der Waals surface area contributed by atoms with Crippen LogP contribution in [0.4, 0.5) is 4.79 Å². The predicted molar refractivity (Wildman–Crippen MR) is 189 cm³/mol. The van der Waals surface area contributed by atoms with Crippen molar-refractivity contribution >= 4 is 23.9 Å². The molecule has 3 unspecified atom stereocenters. The number of unbranched alkanes of at least 4 members (excludes halogenated alkanes) is 5. The van der Waals surface area contributed by atoms with Gasteiger partial charge in [-0.1, -0.05) is 87.4 Å². The number of benzene rings is 2. The number of alkyl carbamates (subject to hydrolysis) is 1. The third kappa shape index (κ3) is 14.2. The lowest BCUT2D eigenvalue weighted by Crippen LogP contribution is -2.54. The number of nitrogens with zero attached hydrogens (tertiary/aromatic N) is 1. The Morgan fingerprint density at radius 2 is 1.40 bits per heavy atom. The molecule has 0 fully saturated rings. The zero-order chi connectivity index (χ0) is 35.9. The van der Waals surface area contributed by atoms with E-state index in [0.29, 0.717) is 17.5 Å². The van der Waals surface area contributed by atoms with Gasteiger partial charge in [-0.05, 0) is 78.1 Å². The topological polar surface area (TPSA) is 114 Å². The van der Waals surface area contributed by atoms with Crippen LogP contribution in [0.2, 0.25) is 0 Å². The third-order valence-electron chi connectivity index (χ3n) is 7.38. The summed E-state index contributed by atoms with van der Waals surface area (Å²) in [6.45, 7) is 14.5. The summed E-state index contributed by atoms with van der Waals surface area (Å²) in [6, 6.07) is 13.0. The minimum atomic E-state index is -1.14. The summed E-state index contributed by atoms with van der Waals surface area (Å²) in [6.07, 6.45) is 10.9. The van der Waals surface area contributed by atoms with Crippen LogP contribution in [0.3, 0.4) is 0 Å². The van der Waals surface area contributed by atoms with Crippen LogP contribution in [0.15, 0.2) is 54.6 Å². The molecule has 0 radical (unpaired) electrons. The van der Waals surface area contributed by atoms with Gasteiger partial charge >= 0.3 is 12.1 Å². The molecular weight excluding hydrogens is 606 g/mol. The van der Waals surface area contributed by atoms with Gasteiger partial charge < -0.3 is 25.0 Å². The lowest BCUT2D eigenvalue weighted by atomic mass is 9.99. The lowest BCUT2D eigenvalue weighted by molar-refractivity contribution is -0.159. The van der Waals surface area contributed by atoms with Gasteiger partial charge in [0.2, 0.25) is 11.8 Å². The molecule has 3 amide bonds. The number of carbonyl (C=O) groups is 4. The predicted octanol–water partition coefficient (Wildman–Crippen LogP) is 6.88. The van der Waals surface area contributed by atoms with Crippen LogP contribution in [0.5, 0.6) is 0 Å². The van der Waals surface area contributed by atoms with E-state index in [9.17, 15) is 19.2 Å². The second-order valence-corrected chi connectivity index (χ2v) is 14.1. The van der Waals surface area contributed by atoms with Crippen molar-refractivity contribution in [2.75, 3.05) is 6.54 Å². The Morgan fingerprint density at radius 3 is 1.96 bits per heavy atom. The van der Waals surface area contributed by atoms with Crippen LogP contribution in [0, 0.1) is 12.3 Å². The molecule has 9 nitrogen and oxygen atoms in total. The summed E-state index contributed by atoms with van der Waals surface area (Å²) in [5.74, 6) is 0.974. The Morgan fingerprint density at radius 1 is 0.812 bits per heavy atom. The van der Waals surface area contributed by atoms with Crippen LogP contribution in [0.25, 0.3) is 0 Å². The van der Waals surface area contributed by atoms with Crippen molar-refractivity contribution in [2.24, 2.45) is 0 Å². The van der Waals surface area contributed by atoms with E-state index in [0.717, 1.165) is 37.7 Å². The van der Waals surface area contributed by atoms with Gasteiger partial charge in [0, 0.05) is 18.5 Å². The first-order valence-electron chi connectivity index (χ1n) is 17.0. The van der Waals surface area contributed by atoms with E-state index < -0.39 is 53.2 Å². The van der Waals surface area contributed by atoms with Gasteiger partial charge in [-0.3, -0.25) is 9.59 Å². The van der Waals surface area contributed by atoms with Gasteiger partial charge in [-0.25, -0.2) is 9.59 Å². The number of esters is 1. The van der Waals surface area contributed by atoms with Crippen molar-refractivity contribution in [1.82, 2.24) is 15.5 Å². The fourth-order valence-corrected chi connectivity index (χ4v) is 5.12. The average Bonchev–Trinajstić information content (AvgIpc) is 3.00. The van der Waals surface area contributed by atoms with Gasteiger partial charge in [-0.2, -0.15) is 0 Å². The lowest BCUT2D eigenvalue weighted by Gasteiger charge is -2.35. The summed E-state index contributed by atoms with van der Waals surface area (Å²) >= 11 is 0. The smallest absolute Gasteiger partial charge is 0.408 e. The fraction of sp³-hybridized carbons (Fsp3) is 0.538. The molecule has 0 saturated heterocycles. The first-order valence-corrected chi connectivity index (χ1v) is 17.0. The Bertz CT molecular complexity index is 1370. The molecule has 0 aliphatic rings. The minimum absolute atomic E-state index is 0.187. The molecule has 262 valence electrons. The van der Waals surface area contributed by atoms with Crippen LogP contribution in [0.1, 0.15) is 117 Å². The number of hydrogen-bond donors (Lipinski definition) is 2. The molecule has 0 bridgehead atoms. The minimum Gasteiger partial charge on any atom is -0.458 e. The van der Waals surface area contributed by atoms with Gasteiger partial charge in [0.05, 0.1) is 0 Å². The number of carbonyl (C=O) groups excluding carboxylic acids is 4. The van der Waals surface area contributed by atoms with Crippen LogP contribution >= 0.6 is 0 Å². The number of amides is 3. The normalized spacial score (nSPS) is 13.3. The highest BCUT2D eigenvalue weighted by atomic mass is 16.6. The second-order valence-electron chi connectivity index (χ2n) is 14.1. The molecule has 2 rings (SSSR count). The van der Waals surface area contributed by atoms with Crippen molar-refractivity contribution in [3.8, 4) is 12.3 Å². The molecule has 2 N–H and O–H groups in total. The van der Waals surface area contributed by atoms with Crippen LogP contribution in [-0.4, -0.2) is 58.6 Å². The Kier molecular flexibility index (Phi) is 15.7. The van der Waals surface area contributed by atoms with Crippen molar-refractivity contribution in [3.63, 3.8) is 0 Å². The molecule has 0 saturated carbocycles. The average molecular weight is 662 g/mol. The van der Waals surface area contributed by atoms with Gasteiger partial charge in [-0.15, -0.1) is 6.42 Å². The number of terminal acetylenes is 1. The van der Waals surface area contributed by atoms with Crippen LogP contribution < -0.4 is 10.6 Å². The molecule has 0 aliphatic heterocycles. The van der Waals surface area contributed by atoms with E-state index in [1.807, 2.05) is 30.3 Å². The number of hydrogen-bond acceptors (Lipinski definition) is 6. The van der Waals surface area contributed by atoms with Crippen molar-refractivity contribution in [3.05, 3.63) is 71.3 Å². The Balaban J connectivity index is 2.54. The summed E-state index contributed by atoms with van der Waals surface area (Å²) in [7, 11) is 0. The molecule has 0 aromatic heterocycles. The molecule has 0 aliphatic carbocycles. The standard InChI is InChI=1S/C39H55N3O6/c1-10-12-13-14-15-19-26-42(35(44)28(3)40-37(46)48-39(7,8)9)33(31-24-22-29(11-2)23-25-31)34(43)41-32(36(45)47-38(4,5)6)27-30-20-17-16-18-21-30/h2,16-18,20-25,28,32-33H,10,12-15,19,26-27H2,1,3-9H3,(H,40,46)(H,41,43). The van der Waals surface area contributed by atoms with E-state index in [2.05, 4.69) is 23.5 Å². The maximum atomic E-state index is 14.5. The zero-order valence-electron chi connectivity index (χ0n) is 30.1. The maximum Gasteiger partial charge on any atom is 0.408 e. The largest absolute Gasteiger partial charge is 0.458 e. The molecule has 2 aromatic carbocycles. The molecule has 9 heteroatoms. The third-order valence-corrected chi connectivity index (χ3v) is 7.38. The van der Waals surface area contributed by atoms with Gasteiger partial charge in [0.25, 0.3) is 0 Å². The second kappa shape index (κ2) is 18.9. The number of ether oxygens (including phenoxy) is 2. The molecule has 0 spiro atoms. The summed E-state index contributed by atoms with van der Waals surface area (Å²) in [5, 5.41) is 5.55. The van der Waals surface area contributed by atoms with Crippen molar-refractivity contribution < 1.29 is 28.7 Å². The first kappa shape index (κ1) is 39.9. The molecule has 0 heterocycles. The highest BCUT2D eigenvalue weighted by Crippen LogP contribution is 2.25. The van der Waals surface area contributed by atoms with E-state index in [1.54, 1.807) is 72.7 Å². The number of rotatable bonds is 16. The van der Waals surface area contributed by atoms with E-state index in [-0.39, 0.29) is 13.0 Å².